The van der Waals surface area contributed by atoms with Crippen molar-refractivity contribution < 1.29 is 108 Å². The molecule has 15 N–H and O–H groups in total. The maximum Gasteiger partial charge on any atom is 0.470 e. The number of carboxylic acids is 2. The second kappa shape index (κ2) is 14.9. The van der Waals surface area contributed by atoms with Gasteiger partial charge >= 0.3 is 19.8 Å². The molecule has 15 atom stereocenters. The van der Waals surface area contributed by atoms with Gasteiger partial charge in [0.2, 0.25) is 0 Å². The van der Waals surface area contributed by atoms with Gasteiger partial charge in [-0.25, -0.2) is 14.2 Å². The predicted octanol–water partition coefficient (Wildman–Crippen LogP) is -7.80. The Balaban J connectivity index is 1.99. The summed E-state index contributed by atoms with van der Waals surface area (Å²) in [5.74, 6) is -10.3. The van der Waals surface area contributed by atoms with E-state index in [-0.39, 0.29) is 0 Å². The molecule has 0 aliphatic carbocycles. The van der Waals surface area contributed by atoms with Crippen molar-refractivity contribution in [3.05, 3.63) is 0 Å². The second-order valence-electron chi connectivity index (χ2n) is 10.9. The highest BCUT2D eigenvalue weighted by Crippen LogP contribution is 2.43. The second-order valence-corrected chi connectivity index (χ2v) is 12.1. The molecule has 0 aromatic heterocycles. The minimum Gasteiger partial charge on any atom is -0.477 e. The van der Waals surface area contributed by atoms with E-state index in [2.05, 4.69) is 4.52 Å². The van der Waals surface area contributed by atoms with E-state index < -0.39 is 143 Å². The van der Waals surface area contributed by atoms with Crippen LogP contribution in [-0.2, 0) is 42.4 Å². The maximum atomic E-state index is 12.6. The predicted molar refractivity (Wildman–Crippen MR) is 137 cm³/mol. The van der Waals surface area contributed by atoms with Crippen LogP contribution < -0.4 is 5.73 Å². The molecular weight excluding hydrogens is 661 g/mol. The van der Waals surface area contributed by atoms with E-state index in [1.165, 1.54) is 0 Å². The molecule has 46 heavy (non-hydrogen) atoms. The van der Waals surface area contributed by atoms with Crippen molar-refractivity contribution in [3.63, 3.8) is 0 Å². The Morgan fingerprint density at radius 1 is 0.870 bits per heavy atom. The van der Waals surface area contributed by atoms with Crippen LogP contribution in [0.3, 0.4) is 0 Å². The third-order valence-electron chi connectivity index (χ3n) is 7.66. The zero-order valence-corrected chi connectivity index (χ0v) is 24.4. The Morgan fingerprint density at radius 2 is 1.39 bits per heavy atom. The van der Waals surface area contributed by atoms with Gasteiger partial charge in [-0.1, -0.05) is 0 Å². The third-order valence-corrected chi connectivity index (χ3v) is 8.17. The molecular formula is C22H38NO22P. The minimum absolute atomic E-state index is 1.09. The highest BCUT2D eigenvalue weighted by atomic mass is 31.2. The van der Waals surface area contributed by atoms with Gasteiger partial charge in [-0.15, -0.1) is 0 Å². The Labute approximate surface area is 258 Å². The Hall–Kier alpha value is -1.55. The average molecular weight is 700 g/mol. The SMILES string of the molecule is N[C@H]1C(O)O[C@H](CO[C@]2(C(=O)O)C[C@@H](O[C@]3(C(=O)O)C[C@@H](O)[C@@H](O)[C@@H]([C@H](O)CO)O3)[C@@H](O)[C@@H]([C@H](O)CO)O2)[C@@H](OP(=O)(O)O)[C@@H]1O. The number of carbonyl (C=O) groups is 2. The van der Waals surface area contributed by atoms with Gasteiger partial charge in [0, 0.05) is 12.8 Å². The molecule has 0 aromatic rings. The number of phosphoric ester groups is 1. The number of aliphatic carboxylic acids is 2. The normalized spacial score (nSPS) is 43.5. The van der Waals surface area contributed by atoms with Crippen molar-refractivity contribution in [1.29, 1.82) is 0 Å². The van der Waals surface area contributed by atoms with Gasteiger partial charge in [0.05, 0.1) is 38.1 Å². The summed E-state index contributed by atoms with van der Waals surface area (Å²) < 4.78 is 42.5. The first-order valence-electron chi connectivity index (χ1n) is 13.5. The van der Waals surface area contributed by atoms with Crippen molar-refractivity contribution in [2.45, 2.75) is 104 Å². The topological polar surface area (TPSA) is 396 Å². The van der Waals surface area contributed by atoms with Crippen LogP contribution in [0.15, 0.2) is 0 Å². The van der Waals surface area contributed by atoms with Gasteiger partial charge in [0.25, 0.3) is 11.6 Å². The fourth-order valence-corrected chi connectivity index (χ4v) is 5.79. The lowest BCUT2D eigenvalue weighted by molar-refractivity contribution is -0.377. The summed E-state index contributed by atoms with van der Waals surface area (Å²) in [7, 11) is -5.39. The molecule has 3 fully saturated rings. The lowest BCUT2D eigenvalue weighted by Gasteiger charge is -2.50. The molecule has 3 rings (SSSR count). The van der Waals surface area contributed by atoms with E-state index in [1.807, 2.05) is 0 Å². The fraction of sp³-hybridized carbons (Fsp3) is 0.909. The van der Waals surface area contributed by atoms with E-state index in [0.29, 0.717) is 0 Å². The lowest BCUT2D eigenvalue weighted by Crippen LogP contribution is -2.68. The molecule has 24 heteroatoms. The number of carboxylic acid groups (broad SMARTS) is 2. The summed E-state index contributed by atoms with van der Waals surface area (Å²) in [4.78, 5) is 43.6. The Morgan fingerprint density at radius 3 is 1.89 bits per heavy atom. The quantitative estimate of drug-likeness (QED) is 0.0793. The largest absolute Gasteiger partial charge is 0.477 e. The van der Waals surface area contributed by atoms with E-state index >= 15 is 0 Å². The van der Waals surface area contributed by atoms with Crippen LogP contribution in [0.4, 0.5) is 0 Å². The number of hydrogen-bond donors (Lipinski definition) is 14. The Bertz CT molecular complexity index is 1110. The van der Waals surface area contributed by atoms with Crippen LogP contribution in [0.5, 0.6) is 0 Å². The minimum atomic E-state index is -5.39. The van der Waals surface area contributed by atoms with Crippen LogP contribution in [0, 0.1) is 0 Å². The molecule has 3 heterocycles. The first-order valence-corrected chi connectivity index (χ1v) is 15.0. The fourth-order valence-electron chi connectivity index (χ4n) is 5.21. The van der Waals surface area contributed by atoms with Crippen molar-refractivity contribution in [2.24, 2.45) is 5.73 Å². The van der Waals surface area contributed by atoms with E-state index in [4.69, 9.17) is 29.4 Å². The summed E-state index contributed by atoms with van der Waals surface area (Å²) in [6.07, 6.45) is -26.8. The monoisotopic (exact) mass is 699 g/mol. The molecule has 0 aromatic carbocycles. The average Bonchev–Trinajstić information content (AvgIpc) is 2.98. The van der Waals surface area contributed by atoms with Gasteiger partial charge in [-0.2, -0.15) is 0 Å². The van der Waals surface area contributed by atoms with Crippen LogP contribution in [-0.4, -0.2) is 189 Å². The van der Waals surface area contributed by atoms with Gasteiger partial charge in [-0.3, -0.25) is 4.52 Å². The molecule has 0 radical (unpaired) electrons. The Kier molecular flexibility index (Phi) is 12.6. The van der Waals surface area contributed by atoms with Gasteiger partial charge in [0.15, 0.2) is 6.29 Å². The van der Waals surface area contributed by atoms with Crippen molar-refractivity contribution in [1.82, 2.24) is 0 Å². The van der Waals surface area contributed by atoms with E-state index in [9.17, 15) is 80.1 Å². The van der Waals surface area contributed by atoms with Crippen LogP contribution in [0.2, 0.25) is 0 Å². The summed E-state index contributed by atoms with van der Waals surface area (Å²) in [6.45, 7) is -3.42. The van der Waals surface area contributed by atoms with E-state index in [1.54, 1.807) is 0 Å². The van der Waals surface area contributed by atoms with Crippen molar-refractivity contribution in [3.8, 4) is 0 Å². The van der Waals surface area contributed by atoms with Crippen molar-refractivity contribution >= 4 is 19.8 Å². The summed E-state index contributed by atoms with van der Waals surface area (Å²) in [6, 6.07) is -1.67. The number of nitrogens with two attached hydrogens (primary N) is 1. The molecule has 268 valence electrons. The number of hydrogen-bond acceptors (Lipinski definition) is 19. The first-order chi connectivity index (χ1) is 21.2. The molecule has 0 bridgehead atoms. The molecule has 1 unspecified atom stereocenters. The van der Waals surface area contributed by atoms with Gasteiger partial charge < -0.3 is 95.4 Å². The molecule has 23 nitrogen and oxygen atoms in total. The lowest BCUT2D eigenvalue weighted by atomic mass is 9.90. The number of aliphatic hydroxyl groups is 9. The maximum absolute atomic E-state index is 12.6. The number of aliphatic hydroxyl groups excluding tert-OH is 9. The molecule has 3 aliphatic rings. The molecule has 0 amide bonds. The van der Waals surface area contributed by atoms with Crippen molar-refractivity contribution in [2.75, 3.05) is 19.8 Å². The van der Waals surface area contributed by atoms with Gasteiger partial charge in [0.1, 0.15) is 54.9 Å². The highest BCUT2D eigenvalue weighted by molar-refractivity contribution is 7.46. The molecule has 0 saturated carbocycles. The number of phosphoric acid groups is 1. The van der Waals surface area contributed by atoms with Crippen LogP contribution in [0.1, 0.15) is 12.8 Å². The zero-order chi connectivity index (χ0) is 34.9. The summed E-state index contributed by atoms with van der Waals surface area (Å²) in [5.41, 5.74) is 5.55. The highest BCUT2D eigenvalue weighted by Gasteiger charge is 2.61. The molecule has 3 saturated heterocycles. The standard InChI is InChI=1S/C22H38NO22P/c23-11-14(31)17(45-46(37,38)39)10(41-18(11)32)5-40-21(19(33)34)2-9(13(30)16(43-21)8(28)4-25)42-22(20(35)36)1-6(26)12(29)15(44-22)7(27)3-24/h6-18,24-32H,1-5,23H2,(H,33,34)(H,35,36)(H2,37,38,39)/t6-,7-,8-,9-,10-,11-,12-,13-,14-,15-,16-,17-,18?,21-,22-/m1/s1. The summed E-state index contributed by atoms with van der Waals surface area (Å²) in [5, 5.41) is 111. The van der Waals surface area contributed by atoms with E-state index in [0.717, 1.165) is 0 Å². The molecule has 3 aliphatic heterocycles. The van der Waals surface area contributed by atoms with Crippen LogP contribution in [0.25, 0.3) is 0 Å². The third kappa shape index (κ3) is 8.18. The number of ether oxygens (including phenoxy) is 5. The zero-order valence-electron chi connectivity index (χ0n) is 23.6. The van der Waals surface area contributed by atoms with Crippen LogP contribution >= 0.6 is 7.82 Å². The first kappa shape index (κ1) is 38.9. The summed E-state index contributed by atoms with van der Waals surface area (Å²) >= 11 is 0. The smallest absolute Gasteiger partial charge is 0.470 e. The molecule has 0 spiro atoms. The number of rotatable bonds is 13. The van der Waals surface area contributed by atoms with Gasteiger partial charge in [-0.05, 0) is 0 Å².